The van der Waals surface area contributed by atoms with Gasteiger partial charge in [-0.15, -0.1) is 56.7 Å². The standard InChI is InChI=1S/C71H78N16O19S5/c1-32(88)48-61(94)83-49(33(2)98-6)65-79-44(31-109-65)60(93)84-53-54-55(105-46-23-71(4)56(34(3)104-46)85(5)68(106-71)62(95)73-11-13-87-16-20-100-21-17-87)70(97)102-24-35-8-7-9-38-47(35)37(25-101-54)51(74-38)69(96)103-26-39(75-58(91)42-30-111-67(53)80-42)64-76-40(27-108-64)50-36(63-77-43(29-107-63)59(92)82-48)22-45(89)52(81-50)66-78-41(28-110-66)57(90)72-10-12-86-14-18-99-19-15-86/h7-9,22,27-32,34,39,46,48,53-56,68,74,88-89H,10-21,23-26H2,1-6H3,(H,72,90)(H,73,95)(H,75,91)(H,82,92)(H,83,94)(H,84,93)/b49-33+. The van der Waals surface area contributed by atoms with Crippen LogP contribution in [0.1, 0.15) is 125 Å². The molecular weight excluding hydrogens is 1540 g/mol. The molecule has 9 N–H and O–H groups in total. The number of hydrogen-bond acceptors (Lipinski definition) is 33. The van der Waals surface area contributed by atoms with Crippen molar-refractivity contribution in [2.24, 2.45) is 0 Å². The molecule has 0 aliphatic carbocycles. The van der Waals surface area contributed by atoms with Gasteiger partial charge in [-0.3, -0.25) is 43.5 Å². The van der Waals surface area contributed by atoms with Crippen molar-refractivity contribution >= 4 is 121 Å². The van der Waals surface area contributed by atoms with Gasteiger partial charge in [-0.1, -0.05) is 12.1 Å². The highest BCUT2D eigenvalue weighted by Gasteiger charge is 2.59. The molecule has 15 rings (SSSR count). The van der Waals surface area contributed by atoms with Crippen molar-refractivity contribution in [3.8, 4) is 38.4 Å². The number of methoxy groups -OCH3 is 1. The van der Waals surface area contributed by atoms with Crippen LogP contribution >= 0.6 is 56.7 Å². The van der Waals surface area contributed by atoms with Crippen LogP contribution in [0.25, 0.3) is 49.3 Å². The molecule has 12 bridgehead atoms. The number of cyclic esters (lactones) is 2. The van der Waals surface area contributed by atoms with Crippen LogP contribution in [0.3, 0.4) is 0 Å². The second-order valence-electron chi connectivity index (χ2n) is 27.5. The summed E-state index contributed by atoms with van der Waals surface area (Å²) in [6, 6.07) is 1.43. The van der Waals surface area contributed by atoms with Crippen LogP contribution in [-0.2, 0) is 70.2 Å². The Kier molecular flexibility index (Phi) is 22.8. The van der Waals surface area contributed by atoms with Gasteiger partial charge in [0, 0.05) is 108 Å². The molecule has 11 atom stereocenters. The third kappa shape index (κ3) is 16.1. The van der Waals surface area contributed by atoms with E-state index in [4.69, 9.17) is 57.6 Å². The van der Waals surface area contributed by atoms with Gasteiger partial charge in [-0.05, 0) is 52.4 Å². The Labute approximate surface area is 653 Å². The van der Waals surface area contributed by atoms with Gasteiger partial charge in [0.05, 0.1) is 64.0 Å². The number of rotatable bonds is 13. The van der Waals surface area contributed by atoms with E-state index in [0.29, 0.717) is 69.1 Å². The van der Waals surface area contributed by atoms with Crippen molar-refractivity contribution < 1.29 is 91.2 Å². The lowest BCUT2D eigenvalue weighted by atomic mass is 9.86. The van der Waals surface area contributed by atoms with Crippen LogP contribution < -0.4 is 31.9 Å². The molecule has 35 nitrogen and oxygen atoms in total. The van der Waals surface area contributed by atoms with Gasteiger partial charge in [0.15, 0.2) is 18.6 Å². The van der Waals surface area contributed by atoms with Crippen LogP contribution in [0.4, 0.5) is 0 Å². The predicted molar refractivity (Wildman–Crippen MR) is 400 cm³/mol. The summed E-state index contributed by atoms with van der Waals surface area (Å²) in [5.74, 6) is -6.63. The van der Waals surface area contributed by atoms with Gasteiger partial charge < -0.3 is 89.7 Å². The molecule has 6 amide bonds. The summed E-state index contributed by atoms with van der Waals surface area (Å²) in [4.78, 5) is 156. The van der Waals surface area contributed by atoms with Crippen molar-refractivity contribution in [2.45, 2.75) is 114 Å². The van der Waals surface area contributed by atoms with Crippen molar-refractivity contribution in [1.29, 1.82) is 0 Å². The summed E-state index contributed by atoms with van der Waals surface area (Å²) in [7, 11) is 3.10. The normalized spacial score (nSPS) is 25.9. The van der Waals surface area contributed by atoms with Crippen molar-refractivity contribution in [3.63, 3.8) is 0 Å². The molecule has 7 aliphatic heterocycles. The number of aromatic nitrogens is 7. The number of aliphatic hydroxyl groups excluding tert-OH is 1. The number of benzene rings is 1. The maximum atomic E-state index is 15.5. The van der Waals surface area contributed by atoms with Crippen molar-refractivity contribution in [1.82, 2.24) is 81.5 Å². The Hall–Kier alpha value is -9.24. The van der Waals surface area contributed by atoms with Crippen LogP contribution in [0, 0.1) is 0 Å². The highest BCUT2D eigenvalue weighted by Crippen LogP contribution is 2.45. The fraction of sp³-hybridized carbons (Fsp3) is 0.465. The largest absolute Gasteiger partial charge is 0.506 e. The van der Waals surface area contributed by atoms with Gasteiger partial charge in [0.1, 0.15) is 125 Å². The smallest absolute Gasteiger partial charge is 0.355 e. The predicted octanol–water partition coefficient (Wildman–Crippen LogP) is 3.70. The van der Waals surface area contributed by atoms with Crippen molar-refractivity contribution in [3.05, 3.63) is 112 Å². The number of allylic oxidation sites excluding steroid dienone is 1. The topological polar surface area (TPSA) is 435 Å². The van der Waals surface area contributed by atoms with E-state index in [1.807, 2.05) is 6.92 Å². The van der Waals surface area contributed by atoms with Gasteiger partial charge in [0.2, 0.25) is 5.91 Å². The molecule has 0 spiro atoms. The number of amides is 6. The average molecular weight is 1620 g/mol. The Balaban J connectivity index is 0.828. The van der Waals surface area contributed by atoms with E-state index in [1.165, 1.54) is 48.5 Å². The zero-order valence-corrected chi connectivity index (χ0v) is 64.8. The molecule has 586 valence electrons. The lowest BCUT2D eigenvalue weighted by Crippen LogP contribution is -2.59. The zero-order chi connectivity index (χ0) is 77.5. The van der Waals surface area contributed by atoms with E-state index in [9.17, 15) is 29.4 Å². The third-order valence-electron chi connectivity index (χ3n) is 20.1. The number of esters is 2. The molecule has 8 aromatic rings. The number of hydrogen-bond donors (Lipinski definition) is 9. The first kappa shape index (κ1) is 77.1. The van der Waals surface area contributed by atoms with Gasteiger partial charge in [-0.2, -0.15) is 0 Å². The Morgan fingerprint density at radius 2 is 1.42 bits per heavy atom. The molecule has 111 heavy (non-hydrogen) atoms. The summed E-state index contributed by atoms with van der Waals surface area (Å²) >= 11 is 4.86. The first-order valence-electron chi connectivity index (χ1n) is 35.7. The summed E-state index contributed by atoms with van der Waals surface area (Å²) in [5.41, 5.74) is -0.576. The number of H-pyrrole nitrogens is 1. The van der Waals surface area contributed by atoms with E-state index in [2.05, 4.69) is 61.6 Å². The number of nitrogens with one attached hydrogen (secondary N) is 7. The maximum absolute atomic E-state index is 15.5. The number of morpholine rings is 2. The maximum Gasteiger partial charge on any atom is 0.355 e. The number of ether oxygens (including phenoxy) is 9. The molecule has 1 aromatic carbocycles. The first-order valence-corrected chi connectivity index (χ1v) is 40.1. The second-order valence-corrected chi connectivity index (χ2v) is 31.8. The summed E-state index contributed by atoms with van der Waals surface area (Å²) < 4.78 is 56.4. The van der Waals surface area contributed by atoms with Gasteiger partial charge >= 0.3 is 11.9 Å². The molecule has 4 fully saturated rings. The zero-order valence-electron chi connectivity index (χ0n) is 60.7. The minimum atomic E-state index is -1.87. The number of likely N-dealkylation sites (N-methyl/N-ethyl adjacent to an activating group) is 1. The van der Waals surface area contributed by atoms with Crippen LogP contribution in [0.5, 0.6) is 5.75 Å². The summed E-state index contributed by atoms with van der Waals surface area (Å²) in [6.07, 6.45) is -8.29. The monoisotopic (exact) mass is 1620 g/mol. The summed E-state index contributed by atoms with van der Waals surface area (Å²) in [6.45, 7) is 12.2. The second kappa shape index (κ2) is 32.8. The van der Waals surface area contributed by atoms with Gasteiger partial charge in [0.25, 0.3) is 29.5 Å². The molecule has 7 aromatic heterocycles. The molecule has 4 saturated heterocycles. The van der Waals surface area contributed by atoms with Gasteiger partial charge in [-0.25, -0.2) is 39.5 Å². The highest BCUT2D eigenvalue weighted by molar-refractivity contribution is 7.14. The molecule has 0 radical (unpaired) electrons. The summed E-state index contributed by atoms with van der Waals surface area (Å²) in [5, 5.41) is 48.6. The fourth-order valence-electron chi connectivity index (χ4n) is 14.5. The van der Waals surface area contributed by atoms with Crippen LogP contribution in [-0.4, -0.2) is 261 Å². The fourth-order valence-corrected chi connectivity index (χ4v) is 18.6. The quantitative estimate of drug-likeness (QED) is 0.0587. The average Bonchev–Trinajstić information content (AvgIpc) is 1.60. The number of aliphatic hydroxyl groups is 1. The molecule has 14 heterocycles. The lowest BCUT2D eigenvalue weighted by Gasteiger charge is -2.45. The number of aromatic hydroxyl groups is 1. The minimum absolute atomic E-state index is 0.0116. The van der Waals surface area contributed by atoms with E-state index in [1.54, 1.807) is 42.5 Å². The third-order valence-corrected chi connectivity index (χ3v) is 24.6. The number of aromatic amines is 1. The van der Waals surface area contributed by atoms with E-state index in [-0.39, 0.29) is 112 Å². The molecular formula is C71H78N16O19S5. The van der Waals surface area contributed by atoms with Crippen LogP contribution in [0.2, 0.25) is 0 Å². The molecule has 40 heteroatoms. The molecule has 0 saturated carbocycles. The Morgan fingerprint density at radius 3 is 2.16 bits per heavy atom. The minimum Gasteiger partial charge on any atom is -0.506 e. The Bertz CT molecular complexity index is 4930. The number of thiazole rings is 5. The van der Waals surface area contributed by atoms with Crippen LogP contribution in [0.15, 0.2) is 56.9 Å². The number of carbonyl (C=O) groups excluding carboxylic acids is 8. The highest BCUT2D eigenvalue weighted by atomic mass is 32.1. The number of carbonyl (C=O) groups is 8. The molecule has 7 aliphatic rings. The number of nitrogens with zero attached hydrogens (tertiary/aromatic N) is 9. The molecule has 11 unspecified atom stereocenters. The number of pyridine rings is 1. The lowest BCUT2D eigenvalue weighted by molar-refractivity contribution is -0.269. The first-order chi connectivity index (χ1) is 53.6. The Morgan fingerprint density at radius 1 is 0.766 bits per heavy atom. The SMILES string of the molecule is CO/C(C)=C1/NC(=O)C(C(C)O)NC(=O)c2csc(n2)-c2cc(O)c(-c3nc(C(=O)NCCN4CCOCC4)cs3)nc2-c2csc(n2)C2COC(=O)c3[nH]c4cccc5c4c3COC(C(OC3CC4(C)OC(C(=O)NCCN6CCOCC6)N(C)C4C(C)O3)C(=O)OC5)C(NC(=O)c3csc1n3)c1nc(cs1)C(=O)N2. The van der Waals surface area contributed by atoms with Crippen molar-refractivity contribution in [2.75, 3.05) is 99.5 Å². The van der Waals surface area contributed by atoms with E-state index >= 15 is 19.2 Å². The van der Waals surface area contributed by atoms with E-state index < -0.39 is 127 Å². The number of fused-ring (bicyclic) bond motifs is 16. The van der Waals surface area contributed by atoms with E-state index in [0.717, 1.165) is 82.9 Å².